The summed E-state index contributed by atoms with van der Waals surface area (Å²) in [6.07, 6.45) is -0.769. The minimum absolute atomic E-state index is 0.0922. The number of methoxy groups -OCH3 is 1. The zero-order valence-electron chi connectivity index (χ0n) is 24.9. The summed E-state index contributed by atoms with van der Waals surface area (Å²) in [5.41, 5.74) is 2.90. The van der Waals surface area contributed by atoms with Crippen molar-refractivity contribution in [3.8, 4) is 16.9 Å². The van der Waals surface area contributed by atoms with Gasteiger partial charge in [0.2, 0.25) is 5.91 Å². The van der Waals surface area contributed by atoms with Crippen LogP contribution in [0.4, 0.5) is 0 Å². The maximum Gasteiger partial charge on any atom is 0.249 e. The van der Waals surface area contributed by atoms with Gasteiger partial charge in [0.25, 0.3) is 0 Å². The van der Waals surface area contributed by atoms with Crippen molar-refractivity contribution < 1.29 is 37.3 Å². The fraction of sp³-hybridized carbons (Fsp3) is 0.394. The highest BCUT2D eigenvalue weighted by atomic mass is 32.2. The van der Waals surface area contributed by atoms with Crippen LogP contribution in [0.3, 0.4) is 0 Å². The Kier molecular flexibility index (Phi) is 10.4. The Balaban J connectivity index is 1.23. The Bertz CT molecular complexity index is 1500. The number of hydrogen-bond acceptors (Lipinski definition) is 8. The van der Waals surface area contributed by atoms with Crippen LogP contribution in [0.25, 0.3) is 11.1 Å². The third-order valence-corrected chi connectivity index (χ3v) is 8.62. The number of Topliss-reactive ketones (excluding diaryl/α,β-unsaturated/α-hetero) is 1. The number of nitrogens with one attached hydrogen (secondary N) is 1. The largest absolute Gasteiger partial charge is 0.497 e. The lowest BCUT2D eigenvalue weighted by atomic mass is 9.82. The summed E-state index contributed by atoms with van der Waals surface area (Å²) in [5.74, 6) is 0.115. The Labute approximate surface area is 253 Å². The first-order chi connectivity index (χ1) is 20.4. The number of carbonyl (C=O) groups excluding carboxylic acids is 2. The number of ketones is 1. The first kappa shape index (κ1) is 32.3. The van der Waals surface area contributed by atoms with Gasteiger partial charge in [-0.1, -0.05) is 62.4 Å². The number of rotatable bonds is 12. The summed E-state index contributed by atoms with van der Waals surface area (Å²) < 4.78 is 40.5. The maximum atomic E-state index is 13.1. The molecule has 3 aromatic carbocycles. The van der Waals surface area contributed by atoms with E-state index in [0.29, 0.717) is 18.8 Å². The molecule has 0 radical (unpaired) electrons. The highest BCUT2D eigenvalue weighted by molar-refractivity contribution is 7.90. The molecule has 0 bridgehead atoms. The fourth-order valence-corrected chi connectivity index (χ4v) is 5.54. The molecule has 0 spiro atoms. The van der Waals surface area contributed by atoms with Gasteiger partial charge < -0.3 is 24.6 Å². The van der Waals surface area contributed by atoms with Gasteiger partial charge in [-0.2, -0.15) is 0 Å². The van der Waals surface area contributed by atoms with Crippen molar-refractivity contribution in [3.63, 3.8) is 0 Å². The quantitative estimate of drug-likeness (QED) is 0.305. The number of benzene rings is 3. The second-order valence-electron chi connectivity index (χ2n) is 11.5. The molecule has 0 saturated carbocycles. The predicted molar refractivity (Wildman–Crippen MR) is 162 cm³/mol. The van der Waals surface area contributed by atoms with Crippen LogP contribution in [-0.4, -0.2) is 57.4 Å². The third kappa shape index (κ3) is 8.51. The molecule has 230 valence electrons. The summed E-state index contributed by atoms with van der Waals surface area (Å²) in [7, 11) is -1.67. The zero-order valence-corrected chi connectivity index (χ0v) is 25.7. The van der Waals surface area contributed by atoms with Crippen LogP contribution >= 0.6 is 0 Å². The van der Waals surface area contributed by atoms with E-state index in [2.05, 4.69) is 5.32 Å². The van der Waals surface area contributed by atoms with E-state index < -0.39 is 39.7 Å². The monoisotopic (exact) mass is 609 g/mol. The Morgan fingerprint density at radius 2 is 1.60 bits per heavy atom. The minimum atomic E-state index is -3.26. The number of ether oxygens (including phenoxy) is 3. The average Bonchev–Trinajstić information content (AvgIpc) is 2.99. The van der Waals surface area contributed by atoms with Crippen molar-refractivity contribution in [1.29, 1.82) is 0 Å². The molecule has 0 aliphatic carbocycles. The van der Waals surface area contributed by atoms with E-state index in [0.717, 1.165) is 22.3 Å². The molecule has 0 aromatic heterocycles. The molecule has 43 heavy (non-hydrogen) atoms. The smallest absolute Gasteiger partial charge is 0.249 e. The molecule has 3 atom stereocenters. The lowest BCUT2D eigenvalue weighted by Crippen LogP contribution is -2.47. The Morgan fingerprint density at radius 3 is 2.19 bits per heavy atom. The topological polar surface area (TPSA) is 128 Å². The second kappa shape index (κ2) is 13.8. The van der Waals surface area contributed by atoms with Crippen molar-refractivity contribution in [2.24, 2.45) is 5.41 Å². The standard InChI is InChI=1S/C33H39NO8S/c1-33(2)21-41-32(25-12-16-26(40-3)17-13-25)42-30(33)28(35)6-5-7-29(36)31(37)34-20-22-8-10-23(11-9-22)24-14-18-27(19-15-24)43(4,38)39/h8-19,29-30,32,36H,5-7,20-21H2,1-4H3,(H,34,37)/t29?,30-,32?/m0/s1. The molecule has 9 nitrogen and oxygen atoms in total. The first-order valence-electron chi connectivity index (χ1n) is 14.2. The van der Waals surface area contributed by atoms with Crippen LogP contribution < -0.4 is 10.1 Å². The van der Waals surface area contributed by atoms with E-state index in [1.807, 2.05) is 62.4 Å². The molecule has 3 aromatic rings. The second-order valence-corrected chi connectivity index (χ2v) is 13.5. The van der Waals surface area contributed by atoms with Gasteiger partial charge in [0.1, 0.15) is 18.0 Å². The fourth-order valence-electron chi connectivity index (χ4n) is 4.91. The van der Waals surface area contributed by atoms with Crippen LogP contribution in [0.5, 0.6) is 5.75 Å². The first-order valence-corrected chi connectivity index (χ1v) is 16.1. The molecular weight excluding hydrogens is 570 g/mol. The van der Waals surface area contributed by atoms with Crippen LogP contribution in [0.15, 0.2) is 77.7 Å². The molecule has 1 amide bonds. The zero-order chi connectivity index (χ0) is 31.2. The molecule has 1 aliphatic rings. The number of sulfone groups is 1. The number of aliphatic hydroxyl groups excluding tert-OH is 1. The molecule has 1 heterocycles. The van der Waals surface area contributed by atoms with Gasteiger partial charge in [0.15, 0.2) is 21.9 Å². The molecule has 10 heteroatoms. The maximum absolute atomic E-state index is 13.1. The number of aliphatic hydroxyl groups is 1. The van der Waals surface area contributed by atoms with Crippen molar-refractivity contribution in [2.45, 2.75) is 63.0 Å². The van der Waals surface area contributed by atoms with E-state index in [9.17, 15) is 23.1 Å². The molecule has 1 fully saturated rings. The average molecular weight is 610 g/mol. The van der Waals surface area contributed by atoms with Gasteiger partial charge in [-0.3, -0.25) is 9.59 Å². The molecule has 4 rings (SSSR count). The van der Waals surface area contributed by atoms with Gasteiger partial charge in [-0.05, 0) is 53.8 Å². The molecule has 2 N–H and O–H groups in total. The highest BCUT2D eigenvalue weighted by Crippen LogP contribution is 2.38. The normalized spacial score (nSPS) is 18.9. The van der Waals surface area contributed by atoms with Crippen molar-refractivity contribution in [3.05, 3.63) is 83.9 Å². The van der Waals surface area contributed by atoms with Gasteiger partial charge >= 0.3 is 0 Å². The van der Waals surface area contributed by atoms with Crippen molar-refractivity contribution in [1.82, 2.24) is 5.32 Å². The molecular formula is C33H39NO8S. The van der Waals surface area contributed by atoms with Crippen molar-refractivity contribution in [2.75, 3.05) is 20.0 Å². The van der Waals surface area contributed by atoms with Crippen LogP contribution in [-0.2, 0) is 35.4 Å². The van der Waals surface area contributed by atoms with E-state index >= 15 is 0 Å². The van der Waals surface area contributed by atoms with Gasteiger partial charge in [0.05, 0.1) is 18.6 Å². The number of hydrogen-bond donors (Lipinski definition) is 2. The number of amides is 1. The summed E-state index contributed by atoms with van der Waals surface area (Å²) >= 11 is 0. The lowest BCUT2D eigenvalue weighted by molar-refractivity contribution is -0.257. The summed E-state index contributed by atoms with van der Waals surface area (Å²) in [5, 5.41) is 13.1. The van der Waals surface area contributed by atoms with Gasteiger partial charge in [-0.15, -0.1) is 0 Å². The van der Waals surface area contributed by atoms with E-state index in [1.54, 1.807) is 31.4 Å². The SMILES string of the molecule is COc1ccc(C2OCC(C)(C)[C@H](C(=O)CCCC(O)C(=O)NCc3ccc(-c4ccc(S(C)(=O)=O)cc4)cc3)O2)cc1. The van der Waals surface area contributed by atoms with E-state index in [-0.39, 0.29) is 30.1 Å². The van der Waals surface area contributed by atoms with Crippen molar-refractivity contribution >= 4 is 21.5 Å². The van der Waals surface area contributed by atoms with Crippen LogP contribution in [0, 0.1) is 5.41 Å². The third-order valence-electron chi connectivity index (χ3n) is 7.50. The van der Waals surface area contributed by atoms with E-state index in [1.165, 1.54) is 6.26 Å². The summed E-state index contributed by atoms with van der Waals surface area (Å²) in [6, 6.07) is 21.5. The predicted octanol–water partition coefficient (Wildman–Crippen LogP) is 4.62. The Morgan fingerprint density at radius 1 is 1.00 bits per heavy atom. The molecule has 1 saturated heterocycles. The van der Waals surface area contributed by atoms with Gasteiger partial charge in [0, 0.05) is 30.2 Å². The number of carbonyl (C=O) groups is 2. The van der Waals surface area contributed by atoms with Crippen LogP contribution in [0.2, 0.25) is 0 Å². The lowest BCUT2D eigenvalue weighted by Gasteiger charge is -2.41. The Hall–Kier alpha value is -3.57. The van der Waals surface area contributed by atoms with Crippen LogP contribution in [0.1, 0.15) is 50.5 Å². The summed E-state index contributed by atoms with van der Waals surface area (Å²) in [6.45, 7) is 4.42. The minimum Gasteiger partial charge on any atom is -0.497 e. The molecule has 1 aliphatic heterocycles. The molecule has 2 unspecified atom stereocenters. The highest BCUT2D eigenvalue weighted by Gasteiger charge is 2.42. The summed E-state index contributed by atoms with van der Waals surface area (Å²) in [4.78, 5) is 25.9. The van der Waals surface area contributed by atoms with E-state index in [4.69, 9.17) is 14.2 Å². The van der Waals surface area contributed by atoms with Gasteiger partial charge in [-0.25, -0.2) is 8.42 Å².